The van der Waals surface area contributed by atoms with E-state index in [1.54, 1.807) is 17.0 Å². The molecule has 3 heteroatoms. The molecule has 0 unspecified atom stereocenters. The second-order valence-corrected chi connectivity index (χ2v) is 5.87. The summed E-state index contributed by atoms with van der Waals surface area (Å²) in [6, 6.07) is 23.6. The molecule has 0 spiro atoms. The van der Waals surface area contributed by atoms with E-state index >= 15 is 0 Å². The maximum absolute atomic E-state index is 12.6. The van der Waals surface area contributed by atoms with Crippen LogP contribution in [0, 0.1) is 11.3 Å². The minimum atomic E-state index is 0.0794. The van der Waals surface area contributed by atoms with Gasteiger partial charge in [-0.25, -0.2) is 0 Å². The normalized spacial score (nSPS) is 10.3. The Balaban J connectivity index is 1.72. The minimum Gasteiger partial charge on any atom is -0.341 e. The van der Waals surface area contributed by atoms with Gasteiger partial charge in [0.05, 0.1) is 18.1 Å². The van der Waals surface area contributed by atoms with Crippen LogP contribution in [0.1, 0.15) is 16.7 Å². The van der Waals surface area contributed by atoms with Crippen molar-refractivity contribution in [3.8, 4) is 6.07 Å². The largest absolute Gasteiger partial charge is 0.341 e. The zero-order valence-corrected chi connectivity index (χ0v) is 13.6. The van der Waals surface area contributed by atoms with Crippen LogP contribution in [0.15, 0.2) is 66.7 Å². The van der Waals surface area contributed by atoms with E-state index in [0.717, 1.165) is 21.9 Å². The number of carbonyl (C=O) groups excluding carboxylic acids is 1. The summed E-state index contributed by atoms with van der Waals surface area (Å²) in [5.74, 6) is 0.0794. The van der Waals surface area contributed by atoms with Crippen LogP contribution in [0.2, 0.25) is 0 Å². The molecule has 118 valence electrons. The highest BCUT2D eigenvalue weighted by atomic mass is 16.2. The first kappa shape index (κ1) is 15.8. The molecule has 0 radical (unpaired) electrons. The summed E-state index contributed by atoms with van der Waals surface area (Å²) in [6.45, 7) is 0.537. The Labute approximate surface area is 141 Å². The van der Waals surface area contributed by atoms with Gasteiger partial charge in [-0.05, 0) is 34.0 Å². The molecule has 0 heterocycles. The van der Waals surface area contributed by atoms with Crippen LogP contribution in [0.5, 0.6) is 0 Å². The van der Waals surface area contributed by atoms with E-state index < -0.39 is 0 Å². The fourth-order valence-electron chi connectivity index (χ4n) is 2.79. The summed E-state index contributed by atoms with van der Waals surface area (Å²) >= 11 is 0. The Bertz CT molecular complexity index is 902. The molecule has 3 aromatic rings. The highest BCUT2D eigenvalue weighted by Crippen LogP contribution is 2.19. The van der Waals surface area contributed by atoms with Gasteiger partial charge in [0.2, 0.25) is 5.91 Å². The molecule has 0 saturated carbocycles. The quantitative estimate of drug-likeness (QED) is 0.733. The van der Waals surface area contributed by atoms with Gasteiger partial charge in [-0.3, -0.25) is 4.79 Å². The maximum Gasteiger partial charge on any atom is 0.227 e. The topological polar surface area (TPSA) is 44.1 Å². The molecule has 3 aromatic carbocycles. The van der Waals surface area contributed by atoms with Crippen molar-refractivity contribution >= 4 is 16.7 Å². The highest BCUT2D eigenvalue weighted by Gasteiger charge is 2.12. The smallest absolute Gasteiger partial charge is 0.227 e. The van der Waals surface area contributed by atoms with Crippen molar-refractivity contribution in [1.82, 2.24) is 4.90 Å². The van der Waals surface area contributed by atoms with Crippen LogP contribution in [0.3, 0.4) is 0 Å². The lowest BCUT2D eigenvalue weighted by molar-refractivity contribution is -0.129. The minimum absolute atomic E-state index is 0.0794. The van der Waals surface area contributed by atoms with Crippen LogP contribution in [-0.4, -0.2) is 17.9 Å². The van der Waals surface area contributed by atoms with E-state index in [4.69, 9.17) is 5.26 Å². The number of hydrogen-bond donors (Lipinski definition) is 0. The fraction of sp³-hybridized carbons (Fsp3) is 0.143. The Morgan fingerprint density at radius 1 is 1.00 bits per heavy atom. The number of nitrogens with zero attached hydrogens (tertiary/aromatic N) is 2. The van der Waals surface area contributed by atoms with Crippen LogP contribution < -0.4 is 0 Å². The monoisotopic (exact) mass is 314 g/mol. The van der Waals surface area contributed by atoms with Crippen LogP contribution in [0.4, 0.5) is 0 Å². The van der Waals surface area contributed by atoms with Gasteiger partial charge in [-0.15, -0.1) is 0 Å². The van der Waals surface area contributed by atoms with Gasteiger partial charge in [0, 0.05) is 13.6 Å². The summed E-state index contributed by atoms with van der Waals surface area (Å²) in [6.07, 6.45) is 0.383. The molecule has 0 aliphatic rings. The Hall–Kier alpha value is -3.12. The van der Waals surface area contributed by atoms with Crippen LogP contribution >= 0.6 is 0 Å². The Morgan fingerprint density at radius 2 is 1.71 bits per heavy atom. The van der Waals surface area contributed by atoms with E-state index in [2.05, 4.69) is 24.3 Å². The van der Waals surface area contributed by atoms with Gasteiger partial charge in [0.25, 0.3) is 0 Å². The number of hydrogen-bond acceptors (Lipinski definition) is 2. The number of amides is 1. The van der Waals surface area contributed by atoms with Crippen molar-refractivity contribution in [1.29, 1.82) is 5.26 Å². The lowest BCUT2D eigenvalue weighted by Crippen LogP contribution is -2.27. The third-order valence-corrected chi connectivity index (χ3v) is 4.15. The number of fused-ring (bicyclic) bond motifs is 1. The van der Waals surface area contributed by atoms with E-state index in [0.29, 0.717) is 18.5 Å². The lowest BCUT2D eigenvalue weighted by atomic mass is 10.0. The zero-order valence-electron chi connectivity index (χ0n) is 13.6. The third kappa shape index (κ3) is 3.44. The van der Waals surface area contributed by atoms with Crippen LogP contribution in [0.25, 0.3) is 10.8 Å². The summed E-state index contributed by atoms with van der Waals surface area (Å²) in [5.41, 5.74) is 2.69. The standard InChI is InChI=1S/C21H18N2O/c1-23(15-17-11-9-16(14-22)10-12-17)21(24)13-19-7-4-6-18-5-2-3-8-20(18)19/h2-12H,13,15H2,1H3. The van der Waals surface area contributed by atoms with Gasteiger partial charge in [0.1, 0.15) is 0 Å². The molecule has 1 amide bonds. The fourth-order valence-corrected chi connectivity index (χ4v) is 2.79. The molecule has 24 heavy (non-hydrogen) atoms. The zero-order chi connectivity index (χ0) is 16.9. The van der Waals surface area contributed by atoms with Crippen molar-refractivity contribution in [2.75, 3.05) is 7.05 Å². The first-order chi connectivity index (χ1) is 11.7. The van der Waals surface area contributed by atoms with Crippen molar-refractivity contribution in [3.63, 3.8) is 0 Å². The molecular formula is C21H18N2O. The second-order valence-electron chi connectivity index (χ2n) is 5.87. The molecule has 0 N–H and O–H groups in total. The SMILES string of the molecule is CN(Cc1ccc(C#N)cc1)C(=O)Cc1cccc2ccccc12. The molecule has 0 atom stereocenters. The number of rotatable bonds is 4. The number of benzene rings is 3. The Morgan fingerprint density at radius 3 is 2.46 bits per heavy atom. The Kier molecular flexibility index (Phi) is 4.58. The predicted molar refractivity (Wildman–Crippen MR) is 95.3 cm³/mol. The van der Waals surface area contributed by atoms with E-state index in [9.17, 15) is 4.79 Å². The van der Waals surface area contributed by atoms with Gasteiger partial charge in [-0.2, -0.15) is 5.26 Å². The predicted octanol–water partition coefficient (Wildman–Crippen LogP) is 3.91. The van der Waals surface area contributed by atoms with Crippen molar-refractivity contribution in [2.45, 2.75) is 13.0 Å². The van der Waals surface area contributed by atoms with Crippen molar-refractivity contribution in [2.24, 2.45) is 0 Å². The first-order valence-corrected chi connectivity index (χ1v) is 7.87. The second kappa shape index (κ2) is 6.97. The molecular weight excluding hydrogens is 296 g/mol. The van der Waals surface area contributed by atoms with Crippen molar-refractivity contribution in [3.05, 3.63) is 83.4 Å². The summed E-state index contributed by atoms with van der Waals surface area (Å²) < 4.78 is 0. The summed E-state index contributed by atoms with van der Waals surface area (Å²) in [5, 5.41) is 11.1. The molecule has 0 saturated heterocycles. The van der Waals surface area contributed by atoms with E-state index in [-0.39, 0.29) is 5.91 Å². The maximum atomic E-state index is 12.6. The van der Waals surface area contributed by atoms with Gasteiger partial charge in [-0.1, -0.05) is 54.6 Å². The van der Waals surface area contributed by atoms with Crippen LogP contribution in [-0.2, 0) is 17.8 Å². The molecule has 0 aliphatic carbocycles. The average molecular weight is 314 g/mol. The van der Waals surface area contributed by atoms with Gasteiger partial charge >= 0.3 is 0 Å². The van der Waals surface area contributed by atoms with Crippen molar-refractivity contribution < 1.29 is 4.79 Å². The average Bonchev–Trinajstić information content (AvgIpc) is 2.62. The third-order valence-electron chi connectivity index (χ3n) is 4.15. The van der Waals surface area contributed by atoms with E-state index in [1.807, 2.05) is 43.4 Å². The van der Waals surface area contributed by atoms with Gasteiger partial charge < -0.3 is 4.90 Å². The lowest BCUT2D eigenvalue weighted by Gasteiger charge is -2.18. The summed E-state index contributed by atoms with van der Waals surface area (Å²) in [7, 11) is 1.81. The van der Waals surface area contributed by atoms with Gasteiger partial charge in [0.15, 0.2) is 0 Å². The molecule has 0 bridgehead atoms. The number of likely N-dealkylation sites (N-methyl/N-ethyl adjacent to an activating group) is 1. The molecule has 3 nitrogen and oxygen atoms in total. The molecule has 3 rings (SSSR count). The highest BCUT2D eigenvalue weighted by molar-refractivity contribution is 5.90. The first-order valence-electron chi connectivity index (χ1n) is 7.87. The molecule has 0 fully saturated rings. The molecule has 0 aromatic heterocycles. The summed E-state index contributed by atoms with van der Waals surface area (Å²) in [4.78, 5) is 14.3. The van der Waals surface area contributed by atoms with E-state index in [1.165, 1.54) is 0 Å². The number of nitriles is 1. The number of carbonyl (C=O) groups is 1. The molecule has 0 aliphatic heterocycles.